The number of fused-ring (bicyclic) bond motifs is 1. The van der Waals surface area contributed by atoms with Crippen LogP contribution >= 0.6 is 0 Å². The van der Waals surface area contributed by atoms with Gasteiger partial charge >= 0.3 is 5.97 Å². The van der Waals surface area contributed by atoms with Crippen molar-refractivity contribution in [2.24, 2.45) is 7.05 Å². The number of esters is 1. The van der Waals surface area contributed by atoms with Crippen LogP contribution < -0.4 is 9.47 Å². The van der Waals surface area contributed by atoms with Crippen LogP contribution in [0.1, 0.15) is 16.8 Å². The predicted octanol–water partition coefficient (Wildman–Crippen LogP) is 2.56. The first-order chi connectivity index (χ1) is 14.9. The van der Waals surface area contributed by atoms with E-state index in [-0.39, 0.29) is 24.6 Å². The zero-order valence-electron chi connectivity index (χ0n) is 17.4. The lowest BCUT2D eigenvalue weighted by Crippen LogP contribution is -2.41. The van der Waals surface area contributed by atoms with Gasteiger partial charge in [-0.2, -0.15) is 5.10 Å². The van der Waals surface area contributed by atoms with Gasteiger partial charge in [0.25, 0.3) is 5.91 Å². The topological polar surface area (TPSA) is 82.9 Å². The van der Waals surface area contributed by atoms with Crippen molar-refractivity contribution in [3.8, 4) is 11.6 Å². The maximum absolute atomic E-state index is 14.0. The summed E-state index contributed by atoms with van der Waals surface area (Å²) in [6, 6.07) is 10.3. The van der Waals surface area contributed by atoms with Gasteiger partial charge in [0, 0.05) is 19.0 Å². The summed E-state index contributed by atoms with van der Waals surface area (Å²) in [6.45, 7) is 0.122. The molecular weight excluding hydrogens is 405 g/mol. The summed E-state index contributed by atoms with van der Waals surface area (Å²) < 4.78 is 31.5. The number of methoxy groups -OCH3 is 2. The molecule has 8 nitrogen and oxygen atoms in total. The lowest BCUT2D eigenvalue weighted by Gasteiger charge is -2.22. The molecule has 0 spiro atoms. The number of carbonyl (C=O) groups is 2. The Balaban J connectivity index is 1.61. The molecule has 9 heteroatoms. The van der Waals surface area contributed by atoms with E-state index in [1.54, 1.807) is 49.2 Å². The van der Waals surface area contributed by atoms with E-state index in [2.05, 4.69) is 5.10 Å². The maximum Gasteiger partial charge on any atom is 0.328 e. The fourth-order valence-corrected chi connectivity index (χ4v) is 3.90. The molecule has 1 aliphatic heterocycles. The van der Waals surface area contributed by atoms with E-state index in [0.29, 0.717) is 17.0 Å². The summed E-state index contributed by atoms with van der Waals surface area (Å²) in [4.78, 5) is 27.0. The molecular formula is C22H22FN3O5. The number of hydrogen-bond donors (Lipinski definition) is 0. The van der Waals surface area contributed by atoms with Crippen molar-refractivity contribution in [3.63, 3.8) is 0 Å². The molecule has 3 aromatic rings. The SMILES string of the molecule is COC(=O)[C@H]1C[C@H](Oc2ccccc2F)CN1C(=O)c1ccc2c(OC)n(C)nc2c1. The highest BCUT2D eigenvalue weighted by Crippen LogP contribution is 2.29. The van der Waals surface area contributed by atoms with Gasteiger partial charge in [-0.15, -0.1) is 0 Å². The van der Waals surface area contributed by atoms with Gasteiger partial charge in [-0.25, -0.2) is 13.9 Å². The van der Waals surface area contributed by atoms with Gasteiger partial charge in [0.05, 0.1) is 31.7 Å². The fraction of sp³-hybridized carbons (Fsp3) is 0.318. The first kappa shape index (κ1) is 20.6. The number of para-hydroxylation sites is 1. The summed E-state index contributed by atoms with van der Waals surface area (Å²) >= 11 is 0. The van der Waals surface area contributed by atoms with Crippen molar-refractivity contribution in [1.82, 2.24) is 14.7 Å². The highest BCUT2D eigenvalue weighted by atomic mass is 19.1. The molecule has 2 atom stereocenters. The van der Waals surface area contributed by atoms with Crippen LogP contribution in [0.15, 0.2) is 42.5 Å². The monoisotopic (exact) mass is 427 g/mol. The van der Waals surface area contributed by atoms with E-state index >= 15 is 0 Å². The molecule has 0 aliphatic carbocycles. The van der Waals surface area contributed by atoms with Gasteiger partial charge in [-0.05, 0) is 30.3 Å². The second kappa shape index (κ2) is 8.25. The van der Waals surface area contributed by atoms with E-state index in [9.17, 15) is 14.0 Å². The van der Waals surface area contributed by atoms with E-state index in [1.165, 1.54) is 24.1 Å². The molecule has 0 radical (unpaired) electrons. The van der Waals surface area contributed by atoms with E-state index in [0.717, 1.165) is 5.39 Å². The van der Waals surface area contributed by atoms with Gasteiger partial charge in [-0.1, -0.05) is 12.1 Å². The number of rotatable bonds is 5. The molecule has 1 aromatic heterocycles. The molecule has 0 N–H and O–H groups in total. The number of amides is 1. The Morgan fingerprint density at radius 3 is 2.65 bits per heavy atom. The van der Waals surface area contributed by atoms with Crippen molar-refractivity contribution in [1.29, 1.82) is 0 Å². The zero-order valence-corrected chi connectivity index (χ0v) is 17.4. The highest BCUT2D eigenvalue weighted by molar-refractivity contribution is 6.00. The van der Waals surface area contributed by atoms with Crippen molar-refractivity contribution in [3.05, 3.63) is 53.8 Å². The molecule has 2 heterocycles. The van der Waals surface area contributed by atoms with Crippen molar-refractivity contribution < 1.29 is 28.2 Å². The number of nitrogens with zero attached hydrogens (tertiary/aromatic N) is 3. The molecule has 4 rings (SSSR count). The van der Waals surface area contributed by atoms with Gasteiger partial charge < -0.3 is 19.1 Å². The molecule has 1 amide bonds. The first-order valence-electron chi connectivity index (χ1n) is 9.73. The molecule has 2 aromatic carbocycles. The Morgan fingerprint density at radius 2 is 1.94 bits per heavy atom. The minimum Gasteiger partial charge on any atom is -0.485 e. The van der Waals surface area contributed by atoms with Gasteiger partial charge in [0.15, 0.2) is 11.6 Å². The van der Waals surface area contributed by atoms with Gasteiger partial charge in [0.2, 0.25) is 5.88 Å². The zero-order chi connectivity index (χ0) is 22.1. The van der Waals surface area contributed by atoms with Crippen LogP contribution in [-0.4, -0.2) is 59.5 Å². The lowest BCUT2D eigenvalue weighted by molar-refractivity contribution is -0.145. The largest absolute Gasteiger partial charge is 0.485 e. The predicted molar refractivity (Wildman–Crippen MR) is 110 cm³/mol. The second-order valence-corrected chi connectivity index (χ2v) is 7.27. The average molecular weight is 427 g/mol. The van der Waals surface area contributed by atoms with Crippen LogP contribution in [-0.2, 0) is 16.6 Å². The summed E-state index contributed by atoms with van der Waals surface area (Å²) in [5, 5.41) is 5.14. The normalized spacial score (nSPS) is 18.3. The number of benzene rings is 2. The van der Waals surface area contributed by atoms with Crippen LogP contribution in [0.2, 0.25) is 0 Å². The highest BCUT2D eigenvalue weighted by Gasteiger charge is 2.42. The van der Waals surface area contributed by atoms with Crippen LogP contribution in [0.3, 0.4) is 0 Å². The number of aryl methyl sites for hydroxylation is 1. The Labute approximate surface area is 178 Å². The van der Waals surface area contributed by atoms with E-state index < -0.39 is 23.9 Å². The number of aromatic nitrogens is 2. The standard InChI is InChI=1S/C22H22FN3O5/c1-25-21(29-2)15-9-8-13(10-17(15)24-25)20(27)26-12-14(11-18(26)22(28)30-3)31-19-7-5-4-6-16(19)23/h4-10,14,18H,11-12H2,1-3H3/t14-,18+/m0/s1. The Kier molecular flexibility index (Phi) is 5.50. The third-order valence-corrected chi connectivity index (χ3v) is 5.35. The Morgan fingerprint density at radius 1 is 1.16 bits per heavy atom. The second-order valence-electron chi connectivity index (χ2n) is 7.27. The molecule has 162 valence electrons. The molecule has 1 aliphatic rings. The number of halogens is 1. The summed E-state index contributed by atoms with van der Waals surface area (Å²) in [6.07, 6.45) is -0.351. The van der Waals surface area contributed by atoms with Crippen molar-refractivity contribution in [2.45, 2.75) is 18.6 Å². The fourth-order valence-electron chi connectivity index (χ4n) is 3.90. The number of likely N-dealkylation sites (tertiary alicyclic amines) is 1. The minimum atomic E-state index is -0.830. The summed E-state index contributed by atoms with van der Waals surface area (Å²) in [7, 11) is 4.57. The van der Waals surface area contributed by atoms with Crippen LogP contribution in [0.25, 0.3) is 10.9 Å². The van der Waals surface area contributed by atoms with E-state index in [4.69, 9.17) is 14.2 Å². The number of hydrogen-bond acceptors (Lipinski definition) is 6. The Hall–Kier alpha value is -3.62. The van der Waals surface area contributed by atoms with Crippen LogP contribution in [0.4, 0.5) is 4.39 Å². The van der Waals surface area contributed by atoms with Crippen LogP contribution in [0.5, 0.6) is 11.6 Å². The number of carbonyl (C=O) groups excluding carboxylic acids is 2. The van der Waals surface area contributed by atoms with Gasteiger partial charge in [0.1, 0.15) is 12.1 Å². The molecule has 0 unspecified atom stereocenters. The smallest absolute Gasteiger partial charge is 0.328 e. The maximum atomic E-state index is 14.0. The summed E-state index contributed by atoms with van der Waals surface area (Å²) in [5.74, 6) is -0.750. The third-order valence-electron chi connectivity index (χ3n) is 5.35. The van der Waals surface area contributed by atoms with Gasteiger partial charge in [-0.3, -0.25) is 4.79 Å². The van der Waals surface area contributed by atoms with E-state index in [1.807, 2.05) is 0 Å². The molecule has 31 heavy (non-hydrogen) atoms. The Bertz CT molecular complexity index is 1150. The molecule has 0 saturated carbocycles. The number of ether oxygens (including phenoxy) is 3. The quantitative estimate of drug-likeness (QED) is 0.582. The molecule has 1 saturated heterocycles. The first-order valence-corrected chi connectivity index (χ1v) is 9.73. The van der Waals surface area contributed by atoms with Crippen LogP contribution in [0, 0.1) is 5.82 Å². The minimum absolute atomic E-state index is 0.0763. The van der Waals surface area contributed by atoms with Crippen molar-refractivity contribution in [2.75, 3.05) is 20.8 Å². The lowest BCUT2D eigenvalue weighted by atomic mass is 10.1. The third kappa shape index (κ3) is 3.78. The average Bonchev–Trinajstić information content (AvgIpc) is 3.33. The molecule has 0 bridgehead atoms. The molecule has 1 fully saturated rings. The van der Waals surface area contributed by atoms with Crippen molar-refractivity contribution >= 4 is 22.8 Å². The summed E-state index contributed by atoms with van der Waals surface area (Å²) in [5.41, 5.74) is 0.965.